The maximum absolute atomic E-state index is 5.87. The van der Waals surface area contributed by atoms with Crippen LogP contribution in [-0.2, 0) is 5.88 Å². The molecule has 20 heavy (non-hydrogen) atoms. The van der Waals surface area contributed by atoms with E-state index in [-0.39, 0.29) is 0 Å². The molecule has 0 aliphatic carbocycles. The lowest BCUT2D eigenvalue weighted by molar-refractivity contribution is 0.309. The predicted molar refractivity (Wildman–Crippen MR) is 84.4 cm³/mol. The Morgan fingerprint density at radius 1 is 1.20 bits per heavy atom. The van der Waals surface area contributed by atoms with Crippen molar-refractivity contribution < 1.29 is 4.74 Å². The number of alkyl halides is 1. The highest BCUT2D eigenvalue weighted by Gasteiger charge is 2.04. The lowest BCUT2D eigenvalue weighted by Gasteiger charge is -2.09. The Bertz CT molecular complexity index is 569. The fraction of sp³-hybridized carbons (Fsp3) is 0.353. The van der Waals surface area contributed by atoms with E-state index in [1.165, 1.54) is 0 Å². The number of rotatable bonds is 6. The summed E-state index contributed by atoms with van der Waals surface area (Å²) in [6.07, 6.45) is 2.21. The Balaban J connectivity index is 2.19. The van der Waals surface area contributed by atoms with Crippen LogP contribution in [0.25, 0.3) is 11.3 Å². The molecule has 2 nitrogen and oxygen atoms in total. The molecule has 0 N–H and O–H groups in total. The fourth-order valence-corrected chi connectivity index (χ4v) is 2.25. The monoisotopic (exact) mass is 289 g/mol. The van der Waals surface area contributed by atoms with Gasteiger partial charge in [-0.05, 0) is 37.1 Å². The summed E-state index contributed by atoms with van der Waals surface area (Å²) in [5.74, 6) is 1.40. The van der Waals surface area contributed by atoms with E-state index in [1.54, 1.807) is 0 Å². The smallest absolute Gasteiger partial charge is 0.119 e. The number of ether oxygens (including phenoxy) is 1. The molecule has 1 aromatic carbocycles. The Hall–Kier alpha value is -1.54. The molecule has 0 aliphatic rings. The van der Waals surface area contributed by atoms with Crippen molar-refractivity contribution in [3.63, 3.8) is 0 Å². The molecular weight excluding hydrogens is 270 g/mol. The minimum atomic E-state index is 0.499. The Kier molecular flexibility index (Phi) is 5.42. The average molecular weight is 290 g/mol. The first-order valence-corrected chi connectivity index (χ1v) is 7.53. The van der Waals surface area contributed by atoms with Gasteiger partial charge in [-0.25, -0.2) is 0 Å². The van der Waals surface area contributed by atoms with Gasteiger partial charge in [-0.2, -0.15) is 0 Å². The molecule has 1 aromatic heterocycles. The molecule has 3 heteroatoms. The minimum Gasteiger partial charge on any atom is -0.494 e. The van der Waals surface area contributed by atoms with Gasteiger partial charge in [0.15, 0.2) is 0 Å². The third-order valence-electron chi connectivity index (χ3n) is 3.24. The van der Waals surface area contributed by atoms with E-state index in [9.17, 15) is 0 Å². The zero-order valence-corrected chi connectivity index (χ0v) is 12.8. The number of aromatic nitrogens is 1. The van der Waals surface area contributed by atoms with E-state index in [0.717, 1.165) is 47.7 Å². The van der Waals surface area contributed by atoms with Crippen molar-refractivity contribution in [1.29, 1.82) is 0 Å². The third kappa shape index (κ3) is 3.73. The Morgan fingerprint density at radius 3 is 2.75 bits per heavy atom. The van der Waals surface area contributed by atoms with Gasteiger partial charge >= 0.3 is 0 Å². The van der Waals surface area contributed by atoms with Gasteiger partial charge < -0.3 is 4.74 Å². The number of hydrogen-bond acceptors (Lipinski definition) is 2. The summed E-state index contributed by atoms with van der Waals surface area (Å²) in [7, 11) is 0. The number of unbranched alkanes of at least 4 members (excludes halogenated alkanes) is 1. The largest absolute Gasteiger partial charge is 0.494 e. The van der Waals surface area contributed by atoms with Crippen LogP contribution in [0.4, 0.5) is 0 Å². The second kappa shape index (κ2) is 7.30. The van der Waals surface area contributed by atoms with Crippen LogP contribution in [0.3, 0.4) is 0 Å². The molecule has 0 bridgehead atoms. The van der Waals surface area contributed by atoms with Gasteiger partial charge in [0.2, 0.25) is 0 Å². The number of nitrogens with zero attached hydrogens (tertiary/aromatic N) is 1. The molecule has 0 aliphatic heterocycles. The number of pyridine rings is 1. The number of benzene rings is 1. The minimum absolute atomic E-state index is 0.499. The van der Waals surface area contributed by atoms with Crippen LogP contribution in [0, 0.1) is 6.92 Å². The van der Waals surface area contributed by atoms with E-state index in [4.69, 9.17) is 16.3 Å². The summed E-state index contributed by atoms with van der Waals surface area (Å²) < 4.78 is 5.73. The first-order valence-electron chi connectivity index (χ1n) is 7.00. The maximum Gasteiger partial charge on any atom is 0.119 e. The van der Waals surface area contributed by atoms with Crippen LogP contribution >= 0.6 is 11.6 Å². The van der Waals surface area contributed by atoms with Crippen LogP contribution in [0.2, 0.25) is 0 Å². The summed E-state index contributed by atoms with van der Waals surface area (Å²) in [4.78, 5) is 4.61. The first kappa shape index (κ1) is 14.9. The lowest BCUT2D eigenvalue weighted by atomic mass is 10.1. The summed E-state index contributed by atoms with van der Waals surface area (Å²) in [5.41, 5.74) is 4.08. The van der Waals surface area contributed by atoms with Crippen molar-refractivity contribution in [2.24, 2.45) is 0 Å². The van der Waals surface area contributed by atoms with Crippen LogP contribution in [-0.4, -0.2) is 11.6 Å². The van der Waals surface area contributed by atoms with Gasteiger partial charge in [-0.15, -0.1) is 11.6 Å². The van der Waals surface area contributed by atoms with Crippen LogP contribution in [0.1, 0.15) is 31.0 Å². The van der Waals surface area contributed by atoms with E-state index >= 15 is 0 Å². The second-order valence-electron chi connectivity index (χ2n) is 4.80. The summed E-state index contributed by atoms with van der Waals surface area (Å²) in [5, 5.41) is 0. The van der Waals surface area contributed by atoms with Gasteiger partial charge in [0.1, 0.15) is 5.75 Å². The zero-order valence-electron chi connectivity index (χ0n) is 12.0. The zero-order chi connectivity index (χ0) is 14.4. The molecule has 1 heterocycles. The van der Waals surface area contributed by atoms with Crippen molar-refractivity contribution in [1.82, 2.24) is 4.98 Å². The van der Waals surface area contributed by atoms with Gasteiger partial charge in [0.25, 0.3) is 0 Å². The maximum atomic E-state index is 5.87. The van der Waals surface area contributed by atoms with E-state index < -0.39 is 0 Å². The van der Waals surface area contributed by atoms with E-state index in [2.05, 4.69) is 18.0 Å². The lowest BCUT2D eigenvalue weighted by Crippen LogP contribution is -1.97. The standard InChI is InChI=1S/C17H20ClNO/c1-3-4-10-20-16-7-5-6-14(11-16)17-9-8-15(12-18)13(2)19-17/h5-9,11H,3-4,10,12H2,1-2H3. The summed E-state index contributed by atoms with van der Waals surface area (Å²) in [6.45, 7) is 4.91. The molecule has 0 radical (unpaired) electrons. The molecule has 0 atom stereocenters. The number of halogens is 1. The molecule has 0 spiro atoms. The average Bonchev–Trinajstić information content (AvgIpc) is 2.48. The summed E-state index contributed by atoms with van der Waals surface area (Å²) in [6, 6.07) is 12.1. The fourth-order valence-electron chi connectivity index (χ4n) is 1.97. The van der Waals surface area contributed by atoms with Gasteiger partial charge in [-0.3, -0.25) is 4.98 Å². The number of aryl methyl sites for hydroxylation is 1. The quantitative estimate of drug-likeness (QED) is 0.553. The third-order valence-corrected chi connectivity index (χ3v) is 3.52. The topological polar surface area (TPSA) is 22.1 Å². The Labute approximate surface area is 125 Å². The SMILES string of the molecule is CCCCOc1cccc(-c2ccc(CCl)c(C)n2)c1. The van der Waals surface area contributed by atoms with Crippen molar-refractivity contribution in [3.8, 4) is 17.0 Å². The molecular formula is C17H20ClNO. The van der Waals surface area contributed by atoms with E-state index in [1.807, 2.05) is 37.3 Å². The van der Waals surface area contributed by atoms with Crippen molar-refractivity contribution in [2.45, 2.75) is 32.6 Å². The molecule has 0 unspecified atom stereocenters. The molecule has 2 rings (SSSR count). The molecule has 0 saturated heterocycles. The van der Waals surface area contributed by atoms with E-state index in [0.29, 0.717) is 5.88 Å². The van der Waals surface area contributed by atoms with Gasteiger partial charge in [-0.1, -0.05) is 31.5 Å². The molecule has 0 fully saturated rings. The molecule has 2 aromatic rings. The first-order chi connectivity index (χ1) is 9.74. The molecule has 0 amide bonds. The highest BCUT2D eigenvalue weighted by molar-refractivity contribution is 6.17. The normalized spacial score (nSPS) is 10.6. The number of hydrogen-bond donors (Lipinski definition) is 0. The predicted octanol–water partition coefficient (Wildman–Crippen LogP) is 4.97. The van der Waals surface area contributed by atoms with Crippen molar-refractivity contribution in [2.75, 3.05) is 6.61 Å². The molecule has 106 valence electrons. The van der Waals surface area contributed by atoms with Crippen LogP contribution in [0.15, 0.2) is 36.4 Å². The van der Waals surface area contributed by atoms with Crippen LogP contribution < -0.4 is 4.74 Å². The summed E-state index contributed by atoms with van der Waals surface area (Å²) >= 11 is 5.87. The van der Waals surface area contributed by atoms with Crippen molar-refractivity contribution >= 4 is 11.6 Å². The van der Waals surface area contributed by atoms with Crippen molar-refractivity contribution in [3.05, 3.63) is 47.7 Å². The highest BCUT2D eigenvalue weighted by Crippen LogP contribution is 2.24. The second-order valence-corrected chi connectivity index (χ2v) is 5.07. The van der Waals surface area contributed by atoms with Gasteiger partial charge in [0, 0.05) is 17.1 Å². The van der Waals surface area contributed by atoms with Crippen LogP contribution in [0.5, 0.6) is 5.75 Å². The Morgan fingerprint density at radius 2 is 2.05 bits per heavy atom. The highest BCUT2D eigenvalue weighted by atomic mass is 35.5. The molecule has 0 saturated carbocycles. The van der Waals surface area contributed by atoms with Gasteiger partial charge in [0.05, 0.1) is 12.3 Å².